The predicted octanol–water partition coefficient (Wildman–Crippen LogP) is 1.97. The summed E-state index contributed by atoms with van der Waals surface area (Å²) >= 11 is 0. The van der Waals surface area contributed by atoms with Gasteiger partial charge in [0, 0.05) is 18.8 Å². The zero-order valence-electron chi connectivity index (χ0n) is 11.9. The molecule has 3 unspecified atom stereocenters. The van der Waals surface area contributed by atoms with Crippen LogP contribution in [0.4, 0.5) is 10.5 Å². The summed E-state index contributed by atoms with van der Waals surface area (Å²) in [4.78, 5) is 13.8. The summed E-state index contributed by atoms with van der Waals surface area (Å²) in [6.45, 7) is 4.79. The normalized spacial score (nSPS) is 24.3. The zero-order valence-corrected chi connectivity index (χ0v) is 11.9. The molecule has 3 atom stereocenters. The number of urea groups is 1. The highest BCUT2D eigenvalue weighted by Crippen LogP contribution is 2.19. The molecule has 0 saturated carbocycles. The molecule has 1 aliphatic rings. The third-order valence-corrected chi connectivity index (χ3v) is 3.79. The van der Waals surface area contributed by atoms with E-state index in [-0.39, 0.29) is 18.1 Å². The summed E-state index contributed by atoms with van der Waals surface area (Å²) in [5.41, 5.74) is 1.52. The standard InChI is InChI=1S/C15H22N2O3/c1-10-9-17(8-7-14(10)19)15(20)16-13-5-3-12(4-6-13)11(2)18/h3-6,10-11,14,18-19H,7-9H2,1-2H3,(H,16,20). The highest BCUT2D eigenvalue weighted by Gasteiger charge is 2.27. The van der Waals surface area contributed by atoms with Gasteiger partial charge in [-0.2, -0.15) is 0 Å². The van der Waals surface area contributed by atoms with E-state index in [2.05, 4.69) is 5.32 Å². The molecule has 2 rings (SSSR count). The lowest BCUT2D eigenvalue weighted by Gasteiger charge is -2.34. The molecule has 1 aromatic carbocycles. The van der Waals surface area contributed by atoms with Gasteiger partial charge in [-0.05, 0) is 37.0 Å². The Balaban J connectivity index is 1.94. The van der Waals surface area contributed by atoms with Gasteiger partial charge in [-0.25, -0.2) is 4.79 Å². The fourth-order valence-corrected chi connectivity index (χ4v) is 2.37. The third kappa shape index (κ3) is 3.49. The SMILES string of the molecule is CC(O)c1ccc(NC(=O)N2CCC(O)C(C)C2)cc1. The topological polar surface area (TPSA) is 72.8 Å². The van der Waals surface area contributed by atoms with E-state index in [4.69, 9.17) is 0 Å². The minimum atomic E-state index is -0.510. The zero-order chi connectivity index (χ0) is 14.7. The van der Waals surface area contributed by atoms with Crippen LogP contribution >= 0.6 is 0 Å². The van der Waals surface area contributed by atoms with Gasteiger partial charge in [0.15, 0.2) is 0 Å². The molecule has 2 amide bonds. The monoisotopic (exact) mass is 278 g/mol. The summed E-state index contributed by atoms with van der Waals surface area (Å²) in [7, 11) is 0. The van der Waals surface area contributed by atoms with Crippen molar-refractivity contribution in [3.8, 4) is 0 Å². The Morgan fingerprint density at radius 2 is 2.05 bits per heavy atom. The molecule has 1 saturated heterocycles. The summed E-state index contributed by atoms with van der Waals surface area (Å²) in [5.74, 6) is 0.104. The number of hydrogen-bond acceptors (Lipinski definition) is 3. The van der Waals surface area contributed by atoms with Crippen LogP contribution in [0.1, 0.15) is 31.9 Å². The number of nitrogens with zero attached hydrogens (tertiary/aromatic N) is 1. The third-order valence-electron chi connectivity index (χ3n) is 3.79. The van der Waals surface area contributed by atoms with Crippen molar-refractivity contribution < 1.29 is 15.0 Å². The molecule has 20 heavy (non-hydrogen) atoms. The van der Waals surface area contributed by atoms with Gasteiger partial charge in [0.05, 0.1) is 12.2 Å². The largest absolute Gasteiger partial charge is 0.393 e. The summed E-state index contributed by atoms with van der Waals surface area (Å²) in [5, 5.41) is 21.9. The Morgan fingerprint density at radius 3 is 2.60 bits per heavy atom. The molecule has 0 spiro atoms. The van der Waals surface area contributed by atoms with E-state index in [1.807, 2.05) is 6.92 Å². The molecule has 0 aromatic heterocycles. The van der Waals surface area contributed by atoms with Crippen LogP contribution in [-0.2, 0) is 0 Å². The van der Waals surface area contributed by atoms with Crippen LogP contribution in [0.25, 0.3) is 0 Å². The van der Waals surface area contributed by atoms with Crippen molar-refractivity contribution in [2.75, 3.05) is 18.4 Å². The van der Waals surface area contributed by atoms with Crippen LogP contribution in [0.5, 0.6) is 0 Å². The van der Waals surface area contributed by atoms with E-state index in [1.165, 1.54) is 0 Å². The predicted molar refractivity (Wildman–Crippen MR) is 77.5 cm³/mol. The van der Waals surface area contributed by atoms with Gasteiger partial charge in [-0.15, -0.1) is 0 Å². The first-order valence-electron chi connectivity index (χ1n) is 6.99. The van der Waals surface area contributed by atoms with Crippen LogP contribution in [-0.4, -0.2) is 40.3 Å². The van der Waals surface area contributed by atoms with E-state index in [0.29, 0.717) is 25.2 Å². The molecule has 3 N–H and O–H groups in total. The Kier molecular flexibility index (Phi) is 4.62. The van der Waals surface area contributed by atoms with E-state index in [1.54, 1.807) is 36.1 Å². The van der Waals surface area contributed by atoms with Gasteiger partial charge in [0.2, 0.25) is 0 Å². The van der Waals surface area contributed by atoms with Crippen molar-refractivity contribution in [3.05, 3.63) is 29.8 Å². The molecule has 1 heterocycles. The molecule has 5 nitrogen and oxygen atoms in total. The van der Waals surface area contributed by atoms with Crippen LogP contribution in [0, 0.1) is 5.92 Å². The maximum absolute atomic E-state index is 12.1. The maximum Gasteiger partial charge on any atom is 0.321 e. The van der Waals surface area contributed by atoms with Crippen molar-refractivity contribution >= 4 is 11.7 Å². The highest BCUT2D eigenvalue weighted by molar-refractivity contribution is 5.89. The number of carbonyl (C=O) groups excluding carboxylic acids is 1. The van der Waals surface area contributed by atoms with Crippen LogP contribution in [0.2, 0.25) is 0 Å². The smallest absolute Gasteiger partial charge is 0.321 e. The Hall–Kier alpha value is -1.59. The first kappa shape index (κ1) is 14.8. The molecule has 1 fully saturated rings. The lowest BCUT2D eigenvalue weighted by Crippen LogP contribution is -2.46. The second kappa shape index (κ2) is 6.24. The van der Waals surface area contributed by atoms with E-state index in [0.717, 1.165) is 5.56 Å². The molecular weight excluding hydrogens is 256 g/mol. The van der Waals surface area contributed by atoms with Gasteiger partial charge < -0.3 is 20.4 Å². The number of aliphatic hydroxyl groups excluding tert-OH is 2. The number of amides is 2. The Labute approximate surface area is 119 Å². The van der Waals surface area contributed by atoms with Crippen LogP contribution in [0.15, 0.2) is 24.3 Å². The average molecular weight is 278 g/mol. The van der Waals surface area contributed by atoms with Crippen molar-refractivity contribution in [2.45, 2.75) is 32.5 Å². The number of hydrogen-bond donors (Lipinski definition) is 3. The average Bonchev–Trinajstić information content (AvgIpc) is 2.42. The number of likely N-dealkylation sites (tertiary alicyclic amines) is 1. The molecule has 1 aromatic rings. The molecule has 110 valence electrons. The summed E-state index contributed by atoms with van der Waals surface area (Å²) < 4.78 is 0. The molecule has 5 heteroatoms. The number of anilines is 1. The second-order valence-electron chi connectivity index (χ2n) is 5.51. The van der Waals surface area contributed by atoms with E-state index < -0.39 is 6.10 Å². The Morgan fingerprint density at radius 1 is 1.40 bits per heavy atom. The summed E-state index contributed by atoms with van der Waals surface area (Å²) in [6.07, 6.45) is -0.205. The molecule has 0 radical (unpaired) electrons. The summed E-state index contributed by atoms with van der Waals surface area (Å²) in [6, 6.07) is 7.00. The number of rotatable bonds is 2. The van der Waals surface area contributed by atoms with Gasteiger partial charge in [-0.3, -0.25) is 0 Å². The fraction of sp³-hybridized carbons (Fsp3) is 0.533. The van der Waals surface area contributed by atoms with Gasteiger partial charge in [-0.1, -0.05) is 19.1 Å². The van der Waals surface area contributed by atoms with E-state index >= 15 is 0 Å². The first-order chi connectivity index (χ1) is 9.47. The van der Waals surface area contributed by atoms with Crippen molar-refractivity contribution in [2.24, 2.45) is 5.92 Å². The van der Waals surface area contributed by atoms with E-state index in [9.17, 15) is 15.0 Å². The van der Waals surface area contributed by atoms with Crippen LogP contribution in [0.3, 0.4) is 0 Å². The number of carbonyl (C=O) groups is 1. The lowest BCUT2D eigenvalue weighted by atomic mass is 9.97. The van der Waals surface area contributed by atoms with Crippen LogP contribution < -0.4 is 5.32 Å². The number of piperidine rings is 1. The van der Waals surface area contributed by atoms with Gasteiger partial charge in [0.1, 0.15) is 0 Å². The lowest BCUT2D eigenvalue weighted by molar-refractivity contribution is 0.0506. The first-order valence-corrected chi connectivity index (χ1v) is 6.99. The van der Waals surface area contributed by atoms with Gasteiger partial charge in [0.25, 0.3) is 0 Å². The number of aliphatic hydroxyl groups is 2. The highest BCUT2D eigenvalue weighted by atomic mass is 16.3. The minimum absolute atomic E-state index is 0.104. The number of nitrogens with one attached hydrogen (secondary N) is 1. The maximum atomic E-state index is 12.1. The molecular formula is C15H22N2O3. The Bertz CT molecular complexity index is 459. The minimum Gasteiger partial charge on any atom is -0.393 e. The molecule has 1 aliphatic heterocycles. The van der Waals surface area contributed by atoms with Crippen molar-refractivity contribution in [3.63, 3.8) is 0 Å². The fourth-order valence-electron chi connectivity index (χ4n) is 2.37. The second-order valence-corrected chi connectivity index (χ2v) is 5.51. The number of benzene rings is 1. The van der Waals surface area contributed by atoms with Crippen molar-refractivity contribution in [1.29, 1.82) is 0 Å². The van der Waals surface area contributed by atoms with Crippen molar-refractivity contribution in [1.82, 2.24) is 4.90 Å². The molecule has 0 aliphatic carbocycles. The van der Waals surface area contributed by atoms with Gasteiger partial charge >= 0.3 is 6.03 Å². The molecule has 0 bridgehead atoms. The quantitative estimate of drug-likeness (QED) is 0.774.